The lowest BCUT2D eigenvalue weighted by Crippen LogP contribution is -2.31. The van der Waals surface area contributed by atoms with Gasteiger partial charge in [-0.3, -0.25) is 0 Å². The highest BCUT2D eigenvalue weighted by atomic mass is 16.7. The van der Waals surface area contributed by atoms with E-state index in [4.69, 9.17) is 14.2 Å². The first-order chi connectivity index (χ1) is 11.7. The molecule has 0 N–H and O–H groups in total. The Bertz CT molecular complexity index is 660. The second-order valence-corrected chi connectivity index (χ2v) is 5.17. The molecular formula is C19H16O5. The third kappa shape index (κ3) is 4.08. The van der Waals surface area contributed by atoms with E-state index < -0.39 is 24.3 Å². The van der Waals surface area contributed by atoms with Crippen molar-refractivity contribution in [3.63, 3.8) is 0 Å². The molecule has 0 spiro atoms. The maximum absolute atomic E-state index is 12.0. The van der Waals surface area contributed by atoms with Gasteiger partial charge >= 0.3 is 11.9 Å². The number of benzene rings is 2. The molecule has 5 nitrogen and oxygen atoms in total. The fourth-order valence-corrected chi connectivity index (χ4v) is 2.19. The first-order valence-corrected chi connectivity index (χ1v) is 7.54. The Morgan fingerprint density at radius 1 is 0.792 bits per heavy atom. The Balaban J connectivity index is 1.53. The summed E-state index contributed by atoms with van der Waals surface area (Å²) in [5.74, 6) is -0.890. The predicted octanol–water partition coefficient (Wildman–Crippen LogP) is 2.98. The predicted molar refractivity (Wildman–Crippen MR) is 86.4 cm³/mol. The number of carbonyl (C=O) groups is 2. The second kappa shape index (κ2) is 7.57. The van der Waals surface area contributed by atoms with E-state index in [1.165, 1.54) is 0 Å². The van der Waals surface area contributed by atoms with Gasteiger partial charge in [-0.05, 0) is 36.4 Å². The minimum atomic E-state index is -0.788. The van der Waals surface area contributed by atoms with E-state index in [0.29, 0.717) is 11.1 Å². The summed E-state index contributed by atoms with van der Waals surface area (Å²) in [4.78, 5) is 23.9. The van der Waals surface area contributed by atoms with Crippen molar-refractivity contribution in [3.05, 3.63) is 83.9 Å². The summed E-state index contributed by atoms with van der Waals surface area (Å²) in [5.41, 5.74) is 0.927. The van der Waals surface area contributed by atoms with Gasteiger partial charge in [0, 0.05) is 0 Å². The third-order valence-electron chi connectivity index (χ3n) is 3.41. The zero-order chi connectivity index (χ0) is 16.8. The molecule has 0 aromatic heterocycles. The smallest absolute Gasteiger partial charge is 0.340 e. The van der Waals surface area contributed by atoms with Gasteiger partial charge in [0.25, 0.3) is 0 Å². The molecule has 2 aromatic carbocycles. The third-order valence-corrected chi connectivity index (χ3v) is 3.41. The summed E-state index contributed by atoms with van der Waals surface area (Å²) < 4.78 is 16.0. The molecule has 122 valence electrons. The van der Waals surface area contributed by atoms with E-state index in [1.54, 1.807) is 60.7 Å². The number of ether oxygens (including phenoxy) is 3. The Morgan fingerprint density at radius 2 is 1.33 bits per heavy atom. The van der Waals surface area contributed by atoms with Gasteiger partial charge in [0.15, 0.2) is 0 Å². The quantitative estimate of drug-likeness (QED) is 0.639. The average molecular weight is 324 g/mol. The summed E-state index contributed by atoms with van der Waals surface area (Å²) in [5, 5.41) is 0. The molecular weight excluding hydrogens is 308 g/mol. The number of rotatable bonds is 4. The zero-order valence-corrected chi connectivity index (χ0v) is 12.8. The van der Waals surface area contributed by atoms with Gasteiger partial charge in [0.05, 0.1) is 17.7 Å². The van der Waals surface area contributed by atoms with Crippen molar-refractivity contribution in [2.45, 2.75) is 12.4 Å². The molecule has 0 amide bonds. The van der Waals surface area contributed by atoms with Crippen LogP contribution in [0.3, 0.4) is 0 Å². The maximum atomic E-state index is 12.0. The summed E-state index contributed by atoms with van der Waals surface area (Å²) in [6, 6.07) is 17.4. The summed E-state index contributed by atoms with van der Waals surface area (Å²) in [6.45, 7) is 0.127. The van der Waals surface area contributed by atoms with E-state index in [2.05, 4.69) is 0 Å². The van der Waals surface area contributed by atoms with Crippen LogP contribution in [0, 0.1) is 0 Å². The van der Waals surface area contributed by atoms with Crippen LogP contribution in [0.25, 0.3) is 0 Å². The SMILES string of the molecule is O=C(OC1C=CC(OC(=O)c2ccccc2)OC1)c1ccccc1. The molecule has 2 unspecified atom stereocenters. The van der Waals surface area contributed by atoms with Gasteiger partial charge < -0.3 is 14.2 Å². The minimum Gasteiger partial charge on any atom is -0.452 e. The normalized spacial score (nSPS) is 19.5. The first kappa shape index (κ1) is 16.0. The van der Waals surface area contributed by atoms with Crippen LogP contribution in [-0.2, 0) is 14.2 Å². The van der Waals surface area contributed by atoms with E-state index in [0.717, 1.165) is 0 Å². The molecule has 1 heterocycles. The largest absolute Gasteiger partial charge is 0.452 e. The van der Waals surface area contributed by atoms with E-state index in [-0.39, 0.29) is 6.61 Å². The van der Waals surface area contributed by atoms with Crippen molar-refractivity contribution in [2.75, 3.05) is 6.61 Å². The van der Waals surface area contributed by atoms with E-state index >= 15 is 0 Å². The Kier molecular flexibility index (Phi) is 5.03. The number of hydrogen-bond acceptors (Lipinski definition) is 5. The van der Waals surface area contributed by atoms with Gasteiger partial charge in [-0.15, -0.1) is 0 Å². The molecule has 3 rings (SSSR count). The molecule has 2 aromatic rings. The molecule has 0 saturated carbocycles. The molecule has 2 atom stereocenters. The molecule has 1 aliphatic rings. The minimum absolute atomic E-state index is 0.127. The monoisotopic (exact) mass is 324 g/mol. The van der Waals surface area contributed by atoms with Gasteiger partial charge in [-0.25, -0.2) is 9.59 Å². The van der Waals surface area contributed by atoms with Crippen LogP contribution in [0.4, 0.5) is 0 Å². The molecule has 0 aliphatic carbocycles. The van der Waals surface area contributed by atoms with Gasteiger partial charge in [-0.2, -0.15) is 0 Å². The average Bonchev–Trinajstić information content (AvgIpc) is 2.65. The van der Waals surface area contributed by atoms with Crippen molar-refractivity contribution in [1.29, 1.82) is 0 Å². The van der Waals surface area contributed by atoms with Crippen LogP contribution in [0.15, 0.2) is 72.8 Å². The van der Waals surface area contributed by atoms with Gasteiger partial charge in [0.1, 0.15) is 6.10 Å². The Labute approximate surface area is 139 Å². The van der Waals surface area contributed by atoms with Crippen molar-refractivity contribution in [1.82, 2.24) is 0 Å². The number of esters is 2. The fourth-order valence-electron chi connectivity index (χ4n) is 2.19. The molecule has 0 bridgehead atoms. The topological polar surface area (TPSA) is 61.8 Å². The molecule has 1 aliphatic heterocycles. The highest BCUT2D eigenvalue weighted by molar-refractivity contribution is 5.90. The first-order valence-electron chi connectivity index (χ1n) is 7.54. The molecule has 24 heavy (non-hydrogen) atoms. The van der Waals surface area contributed by atoms with Crippen LogP contribution in [-0.4, -0.2) is 30.9 Å². The van der Waals surface area contributed by atoms with Gasteiger partial charge in [-0.1, -0.05) is 36.4 Å². The lowest BCUT2D eigenvalue weighted by atomic mass is 10.2. The highest BCUT2D eigenvalue weighted by Gasteiger charge is 2.22. The Morgan fingerprint density at radius 3 is 1.83 bits per heavy atom. The molecule has 5 heteroatoms. The lowest BCUT2D eigenvalue weighted by molar-refractivity contribution is -0.106. The number of carbonyl (C=O) groups excluding carboxylic acids is 2. The van der Waals surface area contributed by atoms with Crippen LogP contribution in [0.5, 0.6) is 0 Å². The molecule has 0 fully saturated rings. The fraction of sp³-hybridized carbons (Fsp3) is 0.158. The van der Waals surface area contributed by atoms with Crippen molar-refractivity contribution >= 4 is 11.9 Å². The molecule has 0 radical (unpaired) electrons. The molecule has 0 saturated heterocycles. The summed E-state index contributed by atoms with van der Waals surface area (Å²) in [6.07, 6.45) is 1.93. The zero-order valence-electron chi connectivity index (χ0n) is 12.8. The van der Waals surface area contributed by atoms with E-state index in [9.17, 15) is 9.59 Å². The van der Waals surface area contributed by atoms with Gasteiger partial charge in [0.2, 0.25) is 6.29 Å². The summed E-state index contributed by atoms with van der Waals surface area (Å²) in [7, 11) is 0. The summed E-state index contributed by atoms with van der Waals surface area (Å²) >= 11 is 0. The second-order valence-electron chi connectivity index (χ2n) is 5.17. The van der Waals surface area contributed by atoms with Crippen molar-refractivity contribution < 1.29 is 23.8 Å². The van der Waals surface area contributed by atoms with Crippen LogP contribution in [0.2, 0.25) is 0 Å². The van der Waals surface area contributed by atoms with Crippen LogP contribution < -0.4 is 0 Å². The highest BCUT2D eigenvalue weighted by Crippen LogP contribution is 2.14. The van der Waals surface area contributed by atoms with E-state index in [1.807, 2.05) is 12.1 Å². The number of hydrogen-bond donors (Lipinski definition) is 0. The van der Waals surface area contributed by atoms with Crippen LogP contribution in [0.1, 0.15) is 20.7 Å². The lowest BCUT2D eigenvalue weighted by Gasteiger charge is -2.23. The van der Waals surface area contributed by atoms with Crippen molar-refractivity contribution in [2.24, 2.45) is 0 Å². The van der Waals surface area contributed by atoms with Crippen LogP contribution >= 0.6 is 0 Å². The Hall–Kier alpha value is -2.92. The van der Waals surface area contributed by atoms with Crippen molar-refractivity contribution in [3.8, 4) is 0 Å². The maximum Gasteiger partial charge on any atom is 0.340 e. The standard InChI is InChI=1S/C19H16O5/c20-18(14-7-3-1-4-8-14)23-16-11-12-17(22-13-16)24-19(21)15-9-5-2-6-10-15/h1-12,16-17H,13H2.